The van der Waals surface area contributed by atoms with E-state index in [4.69, 9.17) is 9.47 Å². The third-order valence-electron chi connectivity index (χ3n) is 4.20. The summed E-state index contributed by atoms with van der Waals surface area (Å²) in [6, 6.07) is 0. The lowest BCUT2D eigenvalue weighted by molar-refractivity contribution is -0.0742. The van der Waals surface area contributed by atoms with Crippen molar-refractivity contribution in [3.63, 3.8) is 0 Å². The van der Waals surface area contributed by atoms with Crippen molar-refractivity contribution in [2.24, 2.45) is 0 Å². The van der Waals surface area contributed by atoms with Gasteiger partial charge in [-0.25, -0.2) is 14.8 Å². The van der Waals surface area contributed by atoms with Crippen molar-refractivity contribution >= 4 is 11.9 Å². The molecule has 0 saturated carbocycles. The first-order valence-corrected chi connectivity index (χ1v) is 7.81. The second kappa shape index (κ2) is 6.58. The molecule has 22 heavy (non-hydrogen) atoms. The number of hydrogen-bond donors (Lipinski definition) is 1. The van der Waals surface area contributed by atoms with Gasteiger partial charge in [0, 0.05) is 18.9 Å². The van der Waals surface area contributed by atoms with Crippen LogP contribution in [0.1, 0.15) is 30.1 Å². The summed E-state index contributed by atoms with van der Waals surface area (Å²) >= 11 is 0. The molecule has 3 heterocycles. The lowest BCUT2D eigenvalue weighted by Gasteiger charge is -2.45. The van der Waals surface area contributed by atoms with Gasteiger partial charge in [0.15, 0.2) is 0 Å². The number of nitrogens with one attached hydrogen (secondary N) is 1. The molecule has 2 aliphatic rings. The molecule has 7 nitrogen and oxygen atoms in total. The molecule has 1 aromatic heterocycles. The Hall–Kier alpha value is -1.73. The van der Waals surface area contributed by atoms with E-state index in [1.165, 1.54) is 12.4 Å². The minimum atomic E-state index is -0.383. The molecule has 1 spiro atoms. The van der Waals surface area contributed by atoms with Gasteiger partial charge in [-0.2, -0.15) is 0 Å². The van der Waals surface area contributed by atoms with Crippen molar-refractivity contribution < 1.29 is 14.3 Å². The zero-order chi connectivity index (χ0) is 15.4. The van der Waals surface area contributed by atoms with Crippen molar-refractivity contribution in [3.05, 3.63) is 18.0 Å². The number of aromatic nitrogens is 2. The minimum Gasteiger partial charge on any atom is -0.462 e. The molecule has 0 radical (unpaired) electrons. The Bertz CT molecular complexity index is 509. The Morgan fingerprint density at radius 3 is 2.82 bits per heavy atom. The first kappa shape index (κ1) is 15.2. The SMILES string of the molecule is CCOC(=O)c1cnc(N2CCOC3(CCNCC3)C2)nc1. The van der Waals surface area contributed by atoms with Crippen LogP contribution in [-0.2, 0) is 9.47 Å². The number of carbonyl (C=O) groups is 1. The maximum Gasteiger partial charge on any atom is 0.341 e. The van der Waals surface area contributed by atoms with Gasteiger partial charge < -0.3 is 19.7 Å². The van der Waals surface area contributed by atoms with Crippen LogP contribution >= 0.6 is 0 Å². The molecule has 0 unspecified atom stereocenters. The Balaban J connectivity index is 1.69. The summed E-state index contributed by atoms with van der Waals surface area (Å²) in [4.78, 5) is 22.4. The third kappa shape index (κ3) is 3.20. The lowest BCUT2D eigenvalue weighted by Crippen LogP contribution is -2.56. The molecule has 3 rings (SSSR count). The van der Waals surface area contributed by atoms with Gasteiger partial charge in [0.1, 0.15) is 0 Å². The Labute approximate surface area is 130 Å². The molecule has 7 heteroatoms. The smallest absolute Gasteiger partial charge is 0.341 e. The topological polar surface area (TPSA) is 76.6 Å². The van der Waals surface area contributed by atoms with Gasteiger partial charge in [-0.3, -0.25) is 0 Å². The monoisotopic (exact) mass is 306 g/mol. The molecule has 2 fully saturated rings. The van der Waals surface area contributed by atoms with Crippen molar-refractivity contribution in [1.82, 2.24) is 15.3 Å². The summed E-state index contributed by atoms with van der Waals surface area (Å²) in [5, 5.41) is 3.36. The number of ether oxygens (including phenoxy) is 2. The summed E-state index contributed by atoms with van der Waals surface area (Å²) in [7, 11) is 0. The molecular formula is C15H22N4O3. The first-order chi connectivity index (χ1) is 10.7. The number of rotatable bonds is 3. The summed E-state index contributed by atoms with van der Waals surface area (Å²) in [5.74, 6) is 0.264. The van der Waals surface area contributed by atoms with Crippen LogP contribution in [0, 0.1) is 0 Å². The molecule has 2 saturated heterocycles. The van der Waals surface area contributed by atoms with E-state index >= 15 is 0 Å². The number of carbonyl (C=O) groups excluding carboxylic acids is 1. The molecule has 0 amide bonds. The zero-order valence-corrected chi connectivity index (χ0v) is 12.9. The van der Waals surface area contributed by atoms with E-state index in [0.717, 1.165) is 39.0 Å². The van der Waals surface area contributed by atoms with E-state index in [1.54, 1.807) is 6.92 Å². The molecule has 1 N–H and O–H groups in total. The van der Waals surface area contributed by atoms with E-state index in [9.17, 15) is 4.79 Å². The predicted molar refractivity (Wildman–Crippen MR) is 81.0 cm³/mol. The van der Waals surface area contributed by atoms with E-state index in [0.29, 0.717) is 24.7 Å². The summed E-state index contributed by atoms with van der Waals surface area (Å²) in [6.45, 7) is 6.34. The van der Waals surface area contributed by atoms with E-state index < -0.39 is 0 Å². The van der Waals surface area contributed by atoms with Crippen LogP contribution in [0.4, 0.5) is 5.95 Å². The molecule has 1 aromatic rings. The average Bonchev–Trinajstić information content (AvgIpc) is 2.56. The number of nitrogens with zero attached hydrogens (tertiary/aromatic N) is 3. The van der Waals surface area contributed by atoms with Crippen LogP contribution in [0.3, 0.4) is 0 Å². The largest absolute Gasteiger partial charge is 0.462 e. The minimum absolute atomic E-state index is 0.0906. The summed E-state index contributed by atoms with van der Waals surface area (Å²) in [6.07, 6.45) is 5.07. The second-order valence-electron chi connectivity index (χ2n) is 5.70. The van der Waals surface area contributed by atoms with E-state index in [1.807, 2.05) is 0 Å². The van der Waals surface area contributed by atoms with Gasteiger partial charge in [0.2, 0.25) is 5.95 Å². The Morgan fingerprint density at radius 1 is 1.41 bits per heavy atom. The predicted octanol–water partition coefficient (Wildman–Crippen LogP) is 0.612. The van der Waals surface area contributed by atoms with Crippen molar-refractivity contribution in [2.75, 3.05) is 44.3 Å². The van der Waals surface area contributed by atoms with Crippen LogP contribution < -0.4 is 10.2 Å². The van der Waals surface area contributed by atoms with Gasteiger partial charge in [0.25, 0.3) is 0 Å². The fourth-order valence-electron chi connectivity index (χ4n) is 3.00. The van der Waals surface area contributed by atoms with Crippen LogP contribution in [0.2, 0.25) is 0 Å². The molecular weight excluding hydrogens is 284 g/mol. The number of anilines is 1. The molecule has 2 aliphatic heterocycles. The number of morpholine rings is 1. The molecule has 0 aromatic carbocycles. The maximum absolute atomic E-state index is 11.6. The third-order valence-corrected chi connectivity index (χ3v) is 4.20. The van der Waals surface area contributed by atoms with Crippen LogP contribution in [0.5, 0.6) is 0 Å². The zero-order valence-electron chi connectivity index (χ0n) is 12.9. The van der Waals surface area contributed by atoms with Gasteiger partial charge in [-0.15, -0.1) is 0 Å². The standard InChI is InChI=1S/C15H22N4O3/c1-2-21-13(20)12-9-17-14(18-10-12)19-7-8-22-15(11-19)3-5-16-6-4-15/h9-10,16H,2-8,11H2,1H3. The molecule has 120 valence electrons. The Kier molecular flexibility index (Phi) is 4.54. The average molecular weight is 306 g/mol. The number of hydrogen-bond acceptors (Lipinski definition) is 7. The lowest BCUT2D eigenvalue weighted by atomic mass is 9.90. The van der Waals surface area contributed by atoms with Gasteiger partial charge in [-0.1, -0.05) is 0 Å². The highest BCUT2D eigenvalue weighted by molar-refractivity contribution is 5.88. The van der Waals surface area contributed by atoms with Gasteiger partial charge >= 0.3 is 5.97 Å². The van der Waals surface area contributed by atoms with Crippen LogP contribution in [0.25, 0.3) is 0 Å². The molecule has 0 bridgehead atoms. The molecule has 0 atom stereocenters. The van der Waals surface area contributed by atoms with Crippen molar-refractivity contribution in [3.8, 4) is 0 Å². The van der Waals surface area contributed by atoms with Crippen molar-refractivity contribution in [2.45, 2.75) is 25.4 Å². The van der Waals surface area contributed by atoms with Gasteiger partial charge in [-0.05, 0) is 32.9 Å². The van der Waals surface area contributed by atoms with Crippen LogP contribution in [0.15, 0.2) is 12.4 Å². The van der Waals surface area contributed by atoms with Crippen molar-refractivity contribution in [1.29, 1.82) is 0 Å². The summed E-state index contributed by atoms with van der Waals surface area (Å²) < 4.78 is 11.0. The summed E-state index contributed by atoms with van der Waals surface area (Å²) in [5.41, 5.74) is 0.294. The highest BCUT2D eigenvalue weighted by Crippen LogP contribution is 2.28. The fraction of sp³-hybridized carbons (Fsp3) is 0.667. The van der Waals surface area contributed by atoms with E-state index in [2.05, 4.69) is 20.2 Å². The number of esters is 1. The fourth-order valence-corrected chi connectivity index (χ4v) is 3.00. The van der Waals surface area contributed by atoms with Crippen LogP contribution in [-0.4, -0.2) is 60.9 Å². The normalized spacial score (nSPS) is 20.9. The Morgan fingerprint density at radius 2 is 2.14 bits per heavy atom. The number of piperidine rings is 1. The van der Waals surface area contributed by atoms with E-state index in [-0.39, 0.29) is 11.6 Å². The van der Waals surface area contributed by atoms with Gasteiger partial charge in [0.05, 0.1) is 30.9 Å². The second-order valence-corrected chi connectivity index (χ2v) is 5.70. The highest BCUT2D eigenvalue weighted by Gasteiger charge is 2.38. The quantitative estimate of drug-likeness (QED) is 0.820. The first-order valence-electron chi connectivity index (χ1n) is 7.81. The maximum atomic E-state index is 11.6. The molecule has 0 aliphatic carbocycles. The highest BCUT2D eigenvalue weighted by atomic mass is 16.5.